The number of nitrogens with one attached hydrogen (secondary N) is 1. The Morgan fingerprint density at radius 3 is 2.79 bits per heavy atom. The van der Waals surface area contributed by atoms with E-state index in [0.717, 1.165) is 24.1 Å². The van der Waals surface area contributed by atoms with Gasteiger partial charge in [0, 0.05) is 30.9 Å². The van der Waals surface area contributed by atoms with Gasteiger partial charge in [-0.05, 0) is 26.7 Å². The van der Waals surface area contributed by atoms with Gasteiger partial charge in [-0.25, -0.2) is 0 Å². The molecule has 1 saturated carbocycles. The van der Waals surface area contributed by atoms with E-state index >= 15 is 0 Å². The monoisotopic (exact) mass is 260 g/mol. The number of rotatable bonds is 5. The van der Waals surface area contributed by atoms with Crippen LogP contribution >= 0.6 is 0 Å². The first kappa shape index (κ1) is 12.3. The van der Waals surface area contributed by atoms with Crippen LogP contribution in [0.3, 0.4) is 0 Å². The summed E-state index contributed by atoms with van der Waals surface area (Å²) >= 11 is 0. The number of aryl methyl sites for hydroxylation is 2. The number of hydrogen-bond acceptors (Lipinski definition) is 4. The minimum atomic E-state index is 0.673. The van der Waals surface area contributed by atoms with Crippen LogP contribution in [0, 0.1) is 13.8 Å². The summed E-state index contributed by atoms with van der Waals surface area (Å²) in [5, 5.41) is 16.2. The van der Waals surface area contributed by atoms with E-state index in [4.69, 9.17) is 0 Å². The lowest BCUT2D eigenvalue weighted by Gasteiger charge is -2.06. The Hall–Kier alpha value is -1.69. The molecule has 6 heteroatoms. The highest BCUT2D eigenvalue weighted by Gasteiger charge is 2.21. The second kappa shape index (κ2) is 4.77. The SMILES string of the molecule is Cc1nn(Cc2nncn2C)c(C)c1CNC1CC1. The maximum absolute atomic E-state index is 4.62. The van der Waals surface area contributed by atoms with Gasteiger partial charge in [-0.3, -0.25) is 4.68 Å². The summed E-state index contributed by atoms with van der Waals surface area (Å²) in [6, 6.07) is 0.723. The Morgan fingerprint density at radius 2 is 2.16 bits per heavy atom. The third-order valence-electron chi connectivity index (χ3n) is 3.77. The summed E-state index contributed by atoms with van der Waals surface area (Å²) in [6.07, 6.45) is 4.34. The van der Waals surface area contributed by atoms with E-state index in [1.165, 1.54) is 24.1 Å². The van der Waals surface area contributed by atoms with Crippen molar-refractivity contribution in [3.63, 3.8) is 0 Å². The minimum Gasteiger partial charge on any atom is -0.319 e. The molecule has 1 aliphatic rings. The molecule has 0 spiro atoms. The van der Waals surface area contributed by atoms with Gasteiger partial charge in [0.15, 0.2) is 5.82 Å². The normalized spacial score (nSPS) is 15.1. The molecule has 6 nitrogen and oxygen atoms in total. The minimum absolute atomic E-state index is 0.673. The summed E-state index contributed by atoms with van der Waals surface area (Å²) < 4.78 is 3.95. The molecule has 2 aromatic rings. The Morgan fingerprint density at radius 1 is 1.37 bits per heavy atom. The van der Waals surface area contributed by atoms with Gasteiger partial charge >= 0.3 is 0 Å². The lowest BCUT2D eigenvalue weighted by atomic mass is 10.2. The highest BCUT2D eigenvalue weighted by atomic mass is 15.3. The Kier molecular flexibility index (Phi) is 3.10. The maximum atomic E-state index is 4.62. The standard InChI is InChI=1S/C13H20N6/c1-9-12(6-14-11-4-5-11)10(2)19(17-9)7-13-16-15-8-18(13)3/h8,11,14H,4-7H2,1-3H3. The first-order valence-electron chi connectivity index (χ1n) is 6.74. The zero-order valence-corrected chi connectivity index (χ0v) is 11.7. The molecule has 0 aromatic carbocycles. The first-order chi connectivity index (χ1) is 9.15. The predicted molar refractivity (Wildman–Crippen MR) is 71.7 cm³/mol. The van der Waals surface area contributed by atoms with Crippen LogP contribution in [-0.2, 0) is 20.1 Å². The van der Waals surface area contributed by atoms with Crippen molar-refractivity contribution in [1.29, 1.82) is 0 Å². The van der Waals surface area contributed by atoms with Crippen LogP contribution in [0.4, 0.5) is 0 Å². The van der Waals surface area contributed by atoms with Crippen molar-refractivity contribution in [1.82, 2.24) is 29.9 Å². The Balaban J connectivity index is 1.78. The van der Waals surface area contributed by atoms with Gasteiger partial charge < -0.3 is 9.88 Å². The summed E-state index contributed by atoms with van der Waals surface area (Å²) in [5.41, 5.74) is 3.63. The number of aromatic nitrogens is 5. The third-order valence-corrected chi connectivity index (χ3v) is 3.77. The van der Waals surface area contributed by atoms with Crippen LogP contribution in [-0.4, -0.2) is 30.6 Å². The van der Waals surface area contributed by atoms with Crippen LogP contribution in [0.15, 0.2) is 6.33 Å². The van der Waals surface area contributed by atoms with Gasteiger partial charge in [-0.2, -0.15) is 5.10 Å². The average molecular weight is 260 g/mol. The fourth-order valence-corrected chi connectivity index (χ4v) is 2.26. The fraction of sp³-hybridized carbons (Fsp3) is 0.615. The number of nitrogens with zero attached hydrogens (tertiary/aromatic N) is 5. The molecule has 0 radical (unpaired) electrons. The molecule has 0 saturated heterocycles. The fourth-order valence-electron chi connectivity index (χ4n) is 2.26. The molecule has 2 heterocycles. The summed E-state index contributed by atoms with van der Waals surface area (Å²) in [7, 11) is 1.95. The molecule has 0 unspecified atom stereocenters. The quantitative estimate of drug-likeness (QED) is 0.868. The molecule has 19 heavy (non-hydrogen) atoms. The second-order valence-electron chi connectivity index (χ2n) is 5.32. The van der Waals surface area contributed by atoms with Crippen molar-refractivity contribution >= 4 is 0 Å². The van der Waals surface area contributed by atoms with Crippen molar-refractivity contribution < 1.29 is 0 Å². The predicted octanol–water partition coefficient (Wildman–Crippen LogP) is 0.929. The van der Waals surface area contributed by atoms with Crippen LogP contribution in [0.5, 0.6) is 0 Å². The summed E-state index contributed by atoms with van der Waals surface area (Å²) in [4.78, 5) is 0. The van der Waals surface area contributed by atoms with Crippen molar-refractivity contribution in [3.05, 3.63) is 29.1 Å². The number of hydrogen-bond donors (Lipinski definition) is 1. The van der Waals surface area contributed by atoms with Crippen LogP contribution in [0.2, 0.25) is 0 Å². The van der Waals surface area contributed by atoms with E-state index in [1.807, 2.05) is 16.3 Å². The Bertz CT molecular complexity index is 578. The van der Waals surface area contributed by atoms with Gasteiger partial charge in [0.2, 0.25) is 0 Å². The van der Waals surface area contributed by atoms with Gasteiger partial charge in [-0.1, -0.05) is 0 Å². The van der Waals surface area contributed by atoms with Crippen LogP contribution in [0.25, 0.3) is 0 Å². The largest absolute Gasteiger partial charge is 0.319 e. The zero-order chi connectivity index (χ0) is 13.4. The highest BCUT2D eigenvalue weighted by Crippen LogP contribution is 2.21. The molecule has 2 aromatic heterocycles. The lowest BCUT2D eigenvalue weighted by molar-refractivity contribution is 0.608. The van der Waals surface area contributed by atoms with Crippen molar-refractivity contribution in [2.45, 2.75) is 45.8 Å². The lowest BCUT2D eigenvalue weighted by Crippen LogP contribution is -2.16. The Labute approximate surface area is 112 Å². The van der Waals surface area contributed by atoms with E-state index in [2.05, 4.69) is 34.5 Å². The average Bonchev–Trinajstić information content (AvgIpc) is 3.06. The van der Waals surface area contributed by atoms with Crippen molar-refractivity contribution in [3.8, 4) is 0 Å². The maximum Gasteiger partial charge on any atom is 0.154 e. The van der Waals surface area contributed by atoms with Crippen molar-refractivity contribution in [2.75, 3.05) is 0 Å². The summed E-state index contributed by atoms with van der Waals surface area (Å²) in [6.45, 7) is 5.79. The first-order valence-corrected chi connectivity index (χ1v) is 6.74. The topological polar surface area (TPSA) is 60.6 Å². The molecule has 1 N–H and O–H groups in total. The molecular weight excluding hydrogens is 240 g/mol. The third kappa shape index (κ3) is 2.53. The molecule has 0 bridgehead atoms. The van der Waals surface area contributed by atoms with E-state index in [-0.39, 0.29) is 0 Å². The van der Waals surface area contributed by atoms with E-state index in [9.17, 15) is 0 Å². The van der Waals surface area contributed by atoms with E-state index in [0.29, 0.717) is 6.54 Å². The van der Waals surface area contributed by atoms with E-state index in [1.54, 1.807) is 6.33 Å². The molecule has 1 aliphatic carbocycles. The van der Waals surface area contributed by atoms with Crippen LogP contribution < -0.4 is 5.32 Å². The van der Waals surface area contributed by atoms with Crippen LogP contribution in [0.1, 0.15) is 35.6 Å². The van der Waals surface area contributed by atoms with E-state index < -0.39 is 0 Å². The van der Waals surface area contributed by atoms with Gasteiger partial charge in [0.25, 0.3) is 0 Å². The van der Waals surface area contributed by atoms with Gasteiger partial charge in [0.05, 0.1) is 5.69 Å². The smallest absolute Gasteiger partial charge is 0.154 e. The molecule has 0 aliphatic heterocycles. The molecular formula is C13H20N6. The molecule has 1 fully saturated rings. The van der Waals surface area contributed by atoms with Crippen molar-refractivity contribution in [2.24, 2.45) is 7.05 Å². The van der Waals surface area contributed by atoms with Gasteiger partial charge in [-0.15, -0.1) is 10.2 Å². The molecule has 3 rings (SSSR count). The highest BCUT2D eigenvalue weighted by molar-refractivity contribution is 5.25. The molecule has 102 valence electrons. The summed E-state index contributed by atoms with van der Waals surface area (Å²) in [5.74, 6) is 0.923. The molecule has 0 atom stereocenters. The molecule has 0 amide bonds. The van der Waals surface area contributed by atoms with Gasteiger partial charge in [0.1, 0.15) is 12.9 Å². The second-order valence-corrected chi connectivity index (χ2v) is 5.32. The zero-order valence-electron chi connectivity index (χ0n) is 11.7.